The molecule has 2 aromatic carbocycles. The molecule has 25 heavy (non-hydrogen) atoms. The van der Waals surface area contributed by atoms with Crippen LogP contribution >= 0.6 is 0 Å². The number of nitrogens with one attached hydrogen (secondary N) is 3. The van der Waals surface area contributed by atoms with Gasteiger partial charge in [0.15, 0.2) is 0 Å². The van der Waals surface area contributed by atoms with E-state index < -0.39 is 5.60 Å². The maximum absolute atomic E-state index is 10.1. The lowest BCUT2D eigenvalue weighted by Gasteiger charge is -2.37. The van der Waals surface area contributed by atoms with Crippen molar-refractivity contribution in [2.75, 3.05) is 48.0 Å². The minimum absolute atomic E-state index is 0.511. The van der Waals surface area contributed by atoms with Gasteiger partial charge >= 0.3 is 0 Å². The molecule has 4 N–H and O–H groups in total. The first kappa shape index (κ1) is 17.4. The first-order valence-electron chi connectivity index (χ1n) is 8.85. The second kappa shape index (κ2) is 7.23. The van der Waals surface area contributed by atoms with Gasteiger partial charge in [0.2, 0.25) is 0 Å². The summed E-state index contributed by atoms with van der Waals surface area (Å²) in [4.78, 5) is 2.34. The average Bonchev–Trinajstić information content (AvgIpc) is 2.62. The lowest BCUT2D eigenvalue weighted by molar-refractivity contribution is 0.0351. The Morgan fingerprint density at radius 2 is 1.48 bits per heavy atom. The molecule has 0 saturated carbocycles. The van der Waals surface area contributed by atoms with Crippen LogP contribution in [0.25, 0.3) is 0 Å². The molecular formula is C20H28N4O. The van der Waals surface area contributed by atoms with Gasteiger partial charge in [0, 0.05) is 44.2 Å². The van der Waals surface area contributed by atoms with Crippen molar-refractivity contribution in [1.29, 1.82) is 0 Å². The number of hydrogen-bond donors (Lipinski definition) is 4. The van der Waals surface area contributed by atoms with Crippen molar-refractivity contribution >= 4 is 28.4 Å². The van der Waals surface area contributed by atoms with E-state index >= 15 is 0 Å². The summed E-state index contributed by atoms with van der Waals surface area (Å²) in [5.41, 5.74) is 4.94. The number of aliphatic hydroxyl groups is 1. The Bertz CT molecular complexity index is 702. The Morgan fingerprint density at radius 3 is 2.08 bits per heavy atom. The van der Waals surface area contributed by atoms with E-state index in [1.807, 2.05) is 21.0 Å². The Hall–Kier alpha value is -2.40. The second-order valence-electron chi connectivity index (χ2n) is 6.92. The summed E-state index contributed by atoms with van der Waals surface area (Å²) in [5.74, 6) is 0. The highest BCUT2D eigenvalue weighted by molar-refractivity contribution is 5.75. The van der Waals surface area contributed by atoms with Crippen molar-refractivity contribution in [3.63, 3.8) is 0 Å². The van der Waals surface area contributed by atoms with Gasteiger partial charge in [-0.15, -0.1) is 0 Å². The fourth-order valence-electron chi connectivity index (χ4n) is 3.22. The Balaban J connectivity index is 1.67. The first-order valence-corrected chi connectivity index (χ1v) is 8.85. The Labute approximate surface area is 150 Å². The number of benzene rings is 2. The van der Waals surface area contributed by atoms with E-state index in [9.17, 15) is 5.11 Å². The van der Waals surface area contributed by atoms with E-state index in [2.05, 4.69) is 63.3 Å². The second-order valence-corrected chi connectivity index (χ2v) is 6.92. The molecule has 1 aliphatic rings. The molecule has 0 aliphatic carbocycles. The molecule has 5 heteroatoms. The van der Waals surface area contributed by atoms with Gasteiger partial charge < -0.3 is 26.0 Å². The third-order valence-corrected chi connectivity index (χ3v) is 4.92. The molecule has 134 valence electrons. The van der Waals surface area contributed by atoms with Gasteiger partial charge in [-0.2, -0.15) is 0 Å². The first-order chi connectivity index (χ1) is 12.0. The lowest BCUT2D eigenvalue weighted by Crippen LogP contribution is -2.42. The van der Waals surface area contributed by atoms with Crippen LogP contribution in [-0.4, -0.2) is 37.9 Å². The minimum Gasteiger partial charge on any atom is -0.390 e. The van der Waals surface area contributed by atoms with E-state index in [4.69, 9.17) is 0 Å². The summed E-state index contributed by atoms with van der Waals surface area (Å²) in [5, 5.41) is 19.9. The normalized spacial score (nSPS) is 16.4. The third kappa shape index (κ3) is 4.17. The van der Waals surface area contributed by atoms with E-state index in [0.717, 1.165) is 48.7 Å². The molecule has 0 unspecified atom stereocenters. The van der Waals surface area contributed by atoms with Crippen LogP contribution in [0.5, 0.6) is 0 Å². The molecular weight excluding hydrogens is 312 g/mol. The summed E-state index contributed by atoms with van der Waals surface area (Å²) >= 11 is 0. The van der Waals surface area contributed by atoms with Crippen molar-refractivity contribution in [3.8, 4) is 0 Å². The van der Waals surface area contributed by atoms with E-state index in [0.29, 0.717) is 0 Å². The van der Waals surface area contributed by atoms with Crippen molar-refractivity contribution in [1.82, 2.24) is 0 Å². The molecule has 3 rings (SSSR count). The standard InChI is InChI=1S/C20H28N4O/c1-20(25)10-12-24(13-11-20)17-7-4-15(5-8-17)23-16-6-9-18(21-2)19(14-16)22-3/h4-9,14,21-23,25H,10-13H2,1-3H3. The highest BCUT2D eigenvalue weighted by Crippen LogP contribution is 2.29. The summed E-state index contributed by atoms with van der Waals surface area (Å²) in [6.45, 7) is 3.73. The zero-order valence-corrected chi connectivity index (χ0v) is 15.3. The monoisotopic (exact) mass is 340 g/mol. The van der Waals surface area contributed by atoms with E-state index in [1.165, 1.54) is 5.69 Å². The molecule has 1 aliphatic heterocycles. The van der Waals surface area contributed by atoms with Crippen molar-refractivity contribution < 1.29 is 5.11 Å². The van der Waals surface area contributed by atoms with Gasteiger partial charge in [-0.25, -0.2) is 0 Å². The van der Waals surface area contributed by atoms with Gasteiger partial charge in [-0.1, -0.05) is 0 Å². The number of hydrogen-bond acceptors (Lipinski definition) is 5. The van der Waals surface area contributed by atoms with E-state index in [-0.39, 0.29) is 0 Å². The third-order valence-electron chi connectivity index (χ3n) is 4.92. The highest BCUT2D eigenvalue weighted by atomic mass is 16.3. The van der Waals surface area contributed by atoms with Gasteiger partial charge in [0.1, 0.15) is 0 Å². The molecule has 2 aromatic rings. The van der Waals surface area contributed by atoms with Crippen LogP contribution in [0.1, 0.15) is 19.8 Å². The summed E-state index contributed by atoms with van der Waals surface area (Å²) in [7, 11) is 3.84. The number of piperidine rings is 1. The largest absolute Gasteiger partial charge is 0.390 e. The summed E-state index contributed by atoms with van der Waals surface area (Å²) in [6.07, 6.45) is 1.63. The van der Waals surface area contributed by atoms with Crippen LogP contribution in [0, 0.1) is 0 Å². The molecule has 0 bridgehead atoms. The molecule has 0 amide bonds. The van der Waals surface area contributed by atoms with E-state index in [1.54, 1.807) is 0 Å². The van der Waals surface area contributed by atoms with Gasteiger partial charge in [-0.05, 0) is 62.2 Å². The fourth-order valence-corrected chi connectivity index (χ4v) is 3.22. The molecule has 1 fully saturated rings. The van der Waals surface area contributed by atoms with Crippen LogP contribution < -0.4 is 20.9 Å². The van der Waals surface area contributed by atoms with Gasteiger partial charge in [0.25, 0.3) is 0 Å². The molecule has 0 radical (unpaired) electrons. The molecule has 1 saturated heterocycles. The zero-order valence-electron chi connectivity index (χ0n) is 15.3. The van der Waals surface area contributed by atoms with Crippen LogP contribution in [0.3, 0.4) is 0 Å². The molecule has 0 spiro atoms. The minimum atomic E-state index is -0.511. The quantitative estimate of drug-likeness (QED) is 0.666. The summed E-state index contributed by atoms with van der Waals surface area (Å²) in [6, 6.07) is 14.7. The maximum atomic E-state index is 10.1. The SMILES string of the molecule is CNc1ccc(Nc2ccc(N3CCC(C)(O)CC3)cc2)cc1NC. The van der Waals surface area contributed by atoms with Crippen LogP contribution in [0.15, 0.2) is 42.5 Å². The molecule has 5 nitrogen and oxygen atoms in total. The predicted octanol–water partition coefficient (Wildman–Crippen LogP) is 3.86. The zero-order chi connectivity index (χ0) is 17.9. The van der Waals surface area contributed by atoms with Crippen LogP contribution in [0.2, 0.25) is 0 Å². The lowest BCUT2D eigenvalue weighted by atomic mass is 9.93. The smallest absolute Gasteiger partial charge is 0.0653 e. The van der Waals surface area contributed by atoms with Gasteiger partial charge in [-0.3, -0.25) is 0 Å². The fraction of sp³-hybridized carbons (Fsp3) is 0.400. The maximum Gasteiger partial charge on any atom is 0.0653 e. The van der Waals surface area contributed by atoms with Crippen LogP contribution in [-0.2, 0) is 0 Å². The predicted molar refractivity (Wildman–Crippen MR) is 107 cm³/mol. The average molecular weight is 340 g/mol. The Kier molecular flexibility index (Phi) is 5.04. The molecule has 1 heterocycles. The number of nitrogens with zero attached hydrogens (tertiary/aromatic N) is 1. The van der Waals surface area contributed by atoms with Crippen LogP contribution in [0.4, 0.5) is 28.4 Å². The number of rotatable bonds is 5. The van der Waals surface area contributed by atoms with Crippen molar-refractivity contribution in [3.05, 3.63) is 42.5 Å². The molecule has 0 aromatic heterocycles. The highest BCUT2D eigenvalue weighted by Gasteiger charge is 2.27. The van der Waals surface area contributed by atoms with Crippen molar-refractivity contribution in [2.24, 2.45) is 0 Å². The number of anilines is 5. The Morgan fingerprint density at radius 1 is 0.880 bits per heavy atom. The van der Waals surface area contributed by atoms with Gasteiger partial charge in [0.05, 0.1) is 17.0 Å². The van der Waals surface area contributed by atoms with Crippen molar-refractivity contribution in [2.45, 2.75) is 25.4 Å². The topological polar surface area (TPSA) is 59.6 Å². The summed E-state index contributed by atoms with van der Waals surface area (Å²) < 4.78 is 0. The molecule has 0 atom stereocenters.